The summed E-state index contributed by atoms with van der Waals surface area (Å²) >= 11 is 1.49. The van der Waals surface area contributed by atoms with E-state index in [0.29, 0.717) is 11.5 Å². The van der Waals surface area contributed by atoms with Gasteiger partial charge in [-0.25, -0.2) is 4.98 Å². The number of hydrogen-bond donors (Lipinski definition) is 0. The third kappa shape index (κ3) is 3.11. The molecule has 1 aliphatic rings. The maximum absolute atomic E-state index is 12.9. The Bertz CT molecular complexity index is 729. The number of hydrogen-bond acceptors (Lipinski definition) is 5. The van der Waals surface area contributed by atoms with Gasteiger partial charge in [0.1, 0.15) is 4.88 Å². The zero-order valence-corrected chi connectivity index (χ0v) is 15.1. The van der Waals surface area contributed by atoms with Crippen molar-refractivity contribution in [1.82, 2.24) is 9.88 Å². The van der Waals surface area contributed by atoms with Crippen molar-refractivity contribution in [2.24, 2.45) is 0 Å². The molecule has 3 rings (SSSR count). The van der Waals surface area contributed by atoms with Crippen molar-refractivity contribution in [2.45, 2.75) is 32.2 Å². The molecule has 1 unspecified atom stereocenters. The van der Waals surface area contributed by atoms with Crippen molar-refractivity contribution in [2.75, 3.05) is 20.8 Å². The molecule has 0 spiro atoms. The van der Waals surface area contributed by atoms with Gasteiger partial charge >= 0.3 is 0 Å². The van der Waals surface area contributed by atoms with E-state index < -0.39 is 0 Å². The number of thiazole rings is 1. The van der Waals surface area contributed by atoms with Crippen LogP contribution in [-0.4, -0.2) is 36.6 Å². The molecular formula is C18H22N2O3S. The highest BCUT2D eigenvalue weighted by atomic mass is 32.1. The van der Waals surface area contributed by atoms with Crippen molar-refractivity contribution < 1.29 is 14.3 Å². The number of carbonyl (C=O) groups is 1. The van der Waals surface area contributed by atoms with E-state index in [-0.39, 0.29) is 11.9 Å². The van der Waals surface area contributed by atoms with Crippen molar-refractivity contribution in [3.05, 3.63) is 39.8 Å². The van der Waals surface area contributed by atoms with Crippen LogP contribution in [0.15, 0.2) is 24.4 Å². The second kappa shape index (κ2) is 7.21. The first-order valence-electron chi connectivity index (χ1n) is 8.15. The van der Waals surface area contributed by atoms with Crippen molar-refractivity contribution in [3.8, 4) is 11.5 Å². The van der Waals surface area contributed by atoms with Gasteiger partial charge in [-0.15, -0.1) is 11.3 Å². The van der Waals surface area contributed by atoms with Gasteiger partial charge in [0.25, 0.3) is 5.91 Å². The Kier molecular flexibility index (Phi) is 5.04. The van der Waals surface area contributed by atoms with Gasteiger partial charge in [-0.05, 0) is 37.0 Å². The number of likely N-dealkylation sites (tertiary alicyclic amines) is 1. The molecule has 0 saturated carbocycles. The number of aryl methyl sites for hydroxylation is 1. The molecular weight excluding hydrogens is 324 g/mol. The standard InChI is InChI=1S/C18H22N2O3S/c1-4-17-19-11-16(24-17)18(21)20-9-5-6-13(20)12-7-8-14(22-2)15(10-12)23-3/h7-8,10-11,13H,4-6,9H2,1-3H3. The second-order valence-electron chi connectivity index (χ2n) is 5.74. The average molecular weight is 346 g/mol. The largest absolute Gasteiger partial charge is 0.493 e. The zero-order valence-electron chi connectivity index (χ0n) is 14.2. The molecule has 0 aliphatic carbocycles. The Morgan fingerprint density at radius 1 is 1.33 bits per heavy atom. The van der Waals surface area contributed by atoms with E-state index in [0.717, 1.165) is 41.3 Å². The Hall–Kier alpha value is -2.08. The van der Waals surface area contributed by atoms with Gasteiger partial charge in [0.2, 0.25) is 0 Å². The lowest BCUT2D eigenvalue weighted by Gasteiger charge is -2.25. The van der Waals surface area contributed by atoms with Gasteiger partial charge in [-0.1, -0.05) is 13.0 Å². The van der Waals surface area contributed by atoms with E-state index in [1.54, 1.807) is 20.4 Å². The molecule has 2 aromatic rings. The molecule has 128 valence electrons. The fourth-order valence-corrected chi connectivity index (χ4v) is 3.94. The van der Waals surface area contributed by atoms with E-state index in [2.05, 4.69) is 11.9 Å². The van der Waals surface area contributed by atoms with Gasteiger partial charge in [0, 0.05) is 6.54 Å². The molecule has 5 nitrogen and oxygen atoms in total. The predicted molar refractivity (Wildman–Crippen MR) is 94.0 cm³/mol. The fourth-order valence-electron chi connectivity index (χ4n) is 3.13. The van der Waals surface area contributed by atoms with Crippen LogP contribution in [-0.2, 0) is 6.42 Å². The van der Waals surface area contributed by atoms with Crippen LogP contribution in [0, 0.1) is 0 Å². The summed E-state index contributed by atoms with van der Waals surface area (Å²) in [5, 5.41) is 1.00. The highest BCUT2D eigenvalue weighted by Crippen LogP contribution is 2.37. The average Bonchev–Trinajstić information content (AvgIpc) is 3.29. The maximum Gasteiger partial charge on any atom is 0.266 e. The number of rotatable bonds is 5. The molecule has 1 amide bonds. The van der Waals surface area contributed by atoms with E-state index in [4.69, 9.17) is 9.47 Å². The van der Waals surface area contributed by atoms with E-state index in [1.807, 2.05) is 23.1 Å². The Morgan fingerprint density at radius 3 is 2.79 bits per heavy atom. The normalized spacial score (nSPS) is 17.1. The lowest BCUT2D eigenvalue weighted by Crippen LogP contribution is -2.30. The molecule has 0 N–H and O–H groups in total. The van der Waals surface area contributed by atoms with Gasteiger partial charge in [-0.3, -0.25) is 4.79 Å². The monoisotopic (exact) mass is 346 g/mol. The number of aromatic nitrogens is 1. The summed E-state index contributed by atoms with van der Waals surface area (Å²) in [5.74, 6) is 1.47. The van der Waals surface area contributed by atoms with Crippen molar-refractivity contribution in [3.63, 3.8) is 0 Å². The van der Waals surface area contributed by atoms with E-state index in [1.165, 1.54) is 11.3 Å². The quantitative estimate of drug-likeness (QED) is 0.828. The molecule has 2 heterocycles. The number of nitrogens with zero attached hydrogens (tertiary/aromatic N) is 2. The number of amides is 1. The van der Waals surface area contributed by atoms with Crippen LogP contribution in [0.4, 0.5) is 0 Å². The Balaban J connectivity index is 1.86. The van der Waals surface area contributed by atoms with E-state index in [9.17, 15) is 4.79 Å². The number of benzene rings is 1. The first kappa shape index (κ1) is 16.8. The second-order valence-corrected chi connectivity index (χ2v) is 6.86. The molecule has 24 heavy (non-hydrogen) atoms. The van der Waals surface area contributed by atoms with Crippen molar-refractivity contribution in [1.29, 1.82) is 0 Å². The van der Waals surface area contributed by atoms with Crippen LogP contribution in [0.25, 0.3) is 0 Å². The summed E-state index contributed by atoms with van der Waals surface area (Å²) in [7, 11) is 3.25. The first-order chi connectivity index (χ1) is 11.7. The van der Waals surface area contributed by atoms with E-state index >= 15 is 0 Å². The van der Waals surface area contributed by atoms with Gasteiger partial charge in [0.05, 0.1) is 31.5 Å². The van der Waals surface area contributed by atoms with Gasteiger partial charge in [-0.2, -0.15) is 0 Å². The molecule has 1 saturated heterocycles. The molecule has 1 aromatic heterocycles. The SMILES string of the molecule is CCc1ncc(C(=O)N2CCCC2c2ccc(OC)c(OC)c2)s1. The van der Waals surface area contributed by atoms with Crippen LogP contribution in [0.5, 0.6) is 11.5 Å². The fraction of sp³-hybridized carbons (Fsp3) is 0.444. The summed E-state index contributed by atoms with van der Waals surface area (Å²) in [6.45, 7) is 2.83. The smallest absolute Gasteiger partial charge is 0.266 e. The predicted octanol–water partition coefficient (Wildman–Crippen LogP) is 3.70. The number of ether oxygens (including phenoxy) is 2. The molecule has 6 heteroatoms. The lowest BCUT2D eigenvalue weighted by atomic mass is 10.0. The Labute approximate surface area is 146 Å². The summed E-state index contributed by atoms with van der Waals surface area (Å²) in [4.78, 5) is 19.9. The molecule has 1 aromatic carbocycles. The van der Waals surface area contributed by atoms with Crippen LogP contribution in [0.2, 0.25) is 0 Å². The molecule has 0 radical (unpaired) electrons. The summed E-state index contributed by atoms with van der Waals surface area (Å²) in [5.41, 5.74) is 1.08. The first-order valence-corrected chi connectivity index (χ1v) is 8.97. The maximum atomic E-state index is 12.9. The minimum atomic E-state index is 0.0736. The topological polar surface area (TPSA) is 51.7 Å². The minimum Gasteiger partial charge on any atom is -0.493 e. The number of carbonyl (C=O) groups excluding carboxylic acids is 1. The zero-order chi connectivity index (χ0) is 17.1. The third-order valence-electron chi connectivity index (χ3n) is 4.37. The van der Waals surface area contributed by atoms with Crippen LogP contribution in [0.1, 0.15) is 46.0 Å². The number of methoxy groups -OCH3 is 2. The van der Waals surface area contributed by atoms with Crippen molar-refractivity contribution >= 4 is 17.2 Å². The van der Waals surface area contributed by atoms with Crippen LogP contribution < -0.4 is 9.47 Å². The van der Waals surface area contributed by atoms with Gasteiger partial charge < -0.3 is 14.4 Å². The van der Waals surface area contributed by atoms with Crippen LogP contribution in [0.3, 0.4) is 0 Å². The lowest BCUT2D eigenvalue weighted by molar-refractivity contribution is 0.0740. The van der Waals surface area contributed by atoms with Crippen LogP contribution >= 0.6 is 11.3 Å². The third-order valence-corrected chi connectivity index (χ3v) is 5.50. The van der Waals surface area contributed by atoms with Gasteiger partial charge in [0.15, 0.2) is 11.5 Å². The molecule has 0 bridgehead atoms. The summed E-state index contributed by atoms with van der Waals surface area (Å²) in [6, 6.07) is 5.96. The molecule has 1 fully saturated rings. The summed E-state index contributed by atoms with van der Waals surface area (Å²) in [6.07, 6.45) is 4.53. The molecule has 1 atom stereocenters. The Morgan fingerprint density at radius 2 is 2.12 bits per heavy atom. The minimum absolute atomic E-state index is 0.0736. The highest BCUT2D eigenvalue weighted by Gasteiger charge is 2.32. The molecule has 1 aliphatic heterocycles. The summed E-state index contributed by atoms with van der Waals surface area (Å²) < 4.78 is 10.7. The highest BCUT2D eigenvalue weighted by molar-refractivity contribution is 7.13.